The van der Waals surface area contributed by atoms with Gasteiger partial charge in [0.2, 0.25) is 5.91 Å². The van der Waals surface area contributed by atoms with Crippen LogP contribution < -0.4 is 5.73 Å². The van der Waals surface area contributed by atoms with Gasteiger partial charge >= 0.3 is 0 Å². The molecule has 8 nitrogen and oxygen atoms in total. The predicted molar refractivity (Wildman–Crippen MR) is 112 cm³/mol. The van der Waals surface area contributed by atoms with Crippen LogP contribution >= 0.6 is 0 Å². The maximum Gasteiger partial charge on any atom is 0.227 e. The van der Waals surface area contributed by atoms with E-state index in [-0.39, 0.29) is 5.91 Å². The molecule has 152 valence electrons. The summed E-state index contributed by atoms with van der Waals surface area (Å²) in [5.74, 6) is 1.40. The van der Waals surface area contributed by atoms with Crippen molar-refractivity contribution in [2.24, 2.45) is 7.05 Å². The van der Waals surface area contributed by atoms with Crippen molar-refractivity contribution in [3.05, 3.63) is 47.0 Å². The minimum Gasteiger partial charge on any atom is -0.383 e. The summed E-state index contributed by atoms with van der Waals surface area (Å²) < 4.78 is 1.84. The molecule has 3 aromatic rings. The van der Waals surface area contributed by atoms with Gasteiger partial charge in [0.15, 0.2) is 0 Å². The lowest BCUT2D eigenvalue weighted by atomic mass is 10.1. The number of para-hydroxylation sites is 1. The third-order valence-corrected chi connectivity index (χ3v) is 5.76. The van der Waals surface area contributed by atoms with Gasteiger partial charge in [0.05, 0.1) is 24.2 Å². The Morgan fingerprint density at radius 2 is 1.83 bits per heavy atom. The molecule has 0 atom stereocenters. The third-order valence-electron chi connectivity index (χ3n) is 5.76. The van der Waals surface area contributed by atoms with Gasteiger partial charge in [-0.05, 0) is 26.0 Å². The second-order valence-corrected chi connectivity index (χ2v) is 7.65. The van der Waals surface area contributed by atoms with Crippen LogP contribution in [0.25, 0.3) is 10.9 Å². The Morgan fingerprint density at radius 1 is 1.10 bits per heavy atom. The van der Waals surface area contributed by atoms with Gasteiger partial charge in [-0.3, -0.25) is 14.4 Å². The number of fused-ring (bicyclic) bond motifs is 1. The van der Waals surface area contributed by atoms with Crippen molar-refractivity contribution in [2.75, 3.05) is 31.9 Å². The van der Waals surface area contributed by atoms with Crippen molar-refractivity contribution >= 4 is 22.6 Å². The van der Waals surface area contributed by atoms with Crippen molar-refractivity contribution in [1.82, 2.24) is 29.5 Å². The topological polar surface area (TPSA) is 93.2 Å². The molecular formula is C21H27N7O. The number of carbonyl (C=O) groups excluding carboxylic acids is 1. The maximum absolute atomic E-state index is 12.8. The fraction of sp³-hybridized carbons (Fsp3) is 0.429. The molecule has 0 radical (unpaired) electrons. The first-order valence-corrected chi connectivity index (χ1v) is 9.92. The number of nitrogens with two attached hydrogens (primary N) is 1. The zero-order chi connectivity index (χ0) is 20.5. The van der Waals surface area contributed by atoms with E-state index in [1.807, 2.05) is 54.7 Å². The van der Waals surface area contributed by atoms with Crippen molar-refractivity contribution in [3.8, 4) is 0 Å². The molecule has 0 spiro atoms. The Hall–Kier alpha value is -3.00. The van der Waals surface area contributed by atoms with Crippen molar-refractivity contribution in [1.29, 1.82) is 0 Å². The molecule has 1 aliphatic heterocycles. The van der Waals surface area contributed by atoms with E-state index in [1.54, 1.807) is 0 Å². The Morgan fingerprint density at radius 3 is 2.52 bits per heavy atom. The van der Waals surface area contributed by atoms with E-state index >= 15 is 0 Å². The number of nitrogen functional groups attached to an aromatic ring is 1. The zero-order valence-corrected chi connectivity index (χ0v) is 17.2. The molecule has 0 saturated carbocycles. The molecule has 29 heavy (non-hydrogen) atoms. The predicted octanol–water partition coefficient (Wildman–Crippen LogP) is 1.45. The number of aryl methyl sites for hydroxylation is 2. The molecule has 8 heteroatoms. The lowest BCUT2D eigenvalue weighted by Gasteiger charge is -2.34. The molecular weight excluding hydrogens is 366 g/mol. The second kappa shape index (κ2) is 7.79. The van der Waals surface area contributed by atoms with Crippen LogP contribution in [0.2, 0.25) is 0 Å². The first kappa shape index (κ1) is 19.3. The van der Waals surface area contributed by atoms with Gasteiger partial charge in [0.25, 0.3) is 0 Å². The molecule has 4 rings (SSSR count). The quantitative estimate of drug-likeness (QED) is 0.721. The van der Waals surface area contributed by atoms with Crippen LogP contribution in [-0.4, -0.2) is 61.6 Å². The maximum atomic E-state index is 12.8. The van der Waals surface area contributed by atoms with E-state index in [0.717, 1.165) is 46.8 Å². The van der Waals surface area contributed by atoms with Gasteiger partial charge in [0, 0.05) is 49.9 Å². The minimum absolute atomic E-state index is 0.162. The van der Waals surface area contributed by atoms with Crippen LogP contribution in [0.3, 0.4) is 0 Å². The summed E-state index contributed by atoms with van der Waals surface area (Å²) >= 11 is 0. The fourth-order valence-corrected chi connectivity index (χ4v) is 3.91. The average Bonchev–Trinajstić information content (AvgIpc) is 2.94. The van der Waals surface area contributed by atoms with Gasteiger partial charge in [-0.1, -0.05) is 12.1 Å². The molecule has 3 heterocycles. The van der Waals surface area contributed by atoms with Crippen LogP contribution in [0.15, 0.2) is 24.3 Å². The summed E-state index contributed by atoms with van der Waals surface area (Å²) in [4.78, 5) is 26.1. The van der Waals surface area contributed by atoms with Gasteiger partial charge < -0.3 is 10.6 Å². The fourth-order valence-electron chi connectivity index (χ4n) is 3.91. The lowest BCUT2D eigenvalue weighted by molar-refractivity contribution is -0.132. The van der Waals surface area contributed by atoms with Crippen LogP contribution in [0, 0.1) is 13.8 Å². The molecule has 1 amide bonds. The van der Waals surface area contributed by atoms with E-state index in [4.69, 9.17) is 5.73 Å². The standard InChI is InChI=1S/C21H27N7O/c1-14-17(15(2)26(3)25-14)12-20(29)28-10-8-27(9-11-28)13-19-23-18-7-5-4-6-16(18)21(22)24-19/h4-7H,8-13H2,1-3H3,(H2,22,23,24). The second-order valence-electron chi connectivity index (χ2n) is 7.65. The van der Waals surface area contributed by atoms with E-state index in [0.29, 0.717) is 31.9 Å². The van der Waals surface area contributed by atoms with Gasteiger partial charge in [-0.2, -0.15) is 5.10 Å². The Kier molecular flexibility index (Phi) is 5.19. The molecule has 0 unspecified atom stereocenters. The van der Waals surface area contributed by atoms with Gasteiger partial charge in [-0.15, -0.1) is 0 Å². The number of hydrogen-bond donors (Lipinski definition) is 1. The van der Waals surface area contributed by atoms with E-state index in [1.165, 1.54) is 0 Å². The average molecular weight is 393 g/mol. The number of benzene rings is 1. The van der Waals surface area contributed by atoms with E-state index in [2.05, 4.69) is 20.0 Å². The third kappa shape index (κ3) is 3.93. The highest BCUT2D eigenvalue weighted by Crippen LogP contribution is 2.18. The Bertz CT molecular complexity index is 1050. The minimum atomic E-state index is 0.162. The summed E-state index contributed by atoms with van der Waals surface area (Å²) in [7, 11) is 1.91. The van der Waals surface area contributed by atoms with Crippen molar-refractivity contribution in [3.63, 3.8) is 0 Å². The summed E-state index contributed by atoms with van der Waals surface area (Å²) in [6.45, 7) is 7.62. The van der Waals surface area contributed by atoms with Crippen LogP contribution in [0.1, 0.15) is 22.8 Å². The number of aromatic nitrogens is 4. The van der Waals surface area contributed by atoms with Gasteiger partial charge in [0.1, 0.15) is 11.6 Å². The molecule has 1 saturated heterocycles. The van der Waals surface area contributed by atoms with Crippen LogP contribution in [-0.2, 0) is 24.8 Å². The van der Waals surface area contributed by atoms with Crippen molar-refractivity contribution in [2.45, 2.75) is 26.8 Å². The molecule has 2 aromatic heterocycles. The zero-order valence-electron chi connectivity index (χ0n) is 17.2. The Balaban J connectivity index is 1.36. The number of amides is 1. The summed E-state index contributed by atoms with van der Waals surface area (Å²) in [6, 6.07) is 7.78. The smallest absolute Gasteiger partial charge is 0.227 e. The first-order valence-electron chi connectivity index (χ1n) is 9.92. The molecule has 1 aromatic carbocycles. The van der Waals surface area contributed by atoms with E-state index < -0.39 is 0 Å². The monoisotopic (exact) mass is 393 g/mol. The molecule has 0 aliphatic carbocycles. The highest BCUT2D eigenvalue weighted by Gasteiger charge is 2.24. The lowest BCUT2D eigenvalue weighted by Crippen LogP contribution is -2.48. The van der Waals surface area contributed by atoms with Crippen LogP contribution in [0.4, 0.5) is 5.82 Å². The normalized spacial score (nSPS) is 15.2. The number of carbonyl (C=O) groups is 1. The number of anilines is 1. The largest absolute Gasteiger partial charge is 0.383 e. The summed E-state index contributed by atoms with van der Waals surface area (Å²) in [5.41, 5.74) is 9.99. The first-order chi connectivity index (χ1) is 13.9. The molecule has 1 fully saturated rings. The van der Waals surface area contributed by atoms with Crippen molar-refractivity contribution < 1.29 is 4.79 Å². The van der Waals surface area contributed by atoms with E-state index in [9.17, 15) is 4.79 Å². The number of nitrogens with zero attached hydrogens (tertiary/aromatic N) is 6. The molecule has 2 N–H and O–H groups in total. The molecule has 1 aliphatic rings. The van der Waals surface area contributed by atoms with Gasteiger partial charge in [-0.25, -0.2) is 9.97 Å². The Labute approximate surface area is 170 Å². The summed E-state index contributed by atoms with van der Waals surface area (Å²) in [6.07, 6.45) is 0.413. The number of piperazine rings is 1. The highest BCUT2D eigenvalue weighted by atomic mass is 16.2. The molecule has 0 bridgehead atoms. The highest BCUT2D eigenvalue weighted by molar-refractivity contribution is 5.87. The summed E-state index contributed by atoms with van der Waals surface area (Å²) in [5, 5.41) is 5.29. The number of rotatable bonds is 4. The van der Waals surface area contributed by atoms with Crippen LogP contribution in [0.5, 0.6) is 0 Å². The SMILES string of the molecule is Cc1nn(C)c(C)c1CC(=O)N1CCN(Cc2nc(N)c3ccccc3n2)CC1. The number of hydrogen-bond acceptors (Lipinski definition) is 6.